The van der Waals surface area contributed by atoms with Crippen LogP contribution in [0.15, 0.2) is 0 Å². The molecule has 64 valence electrons. The largest absolute Gasteiger partial charge is 0.465 e. The molecule has 0 aromatic rings. The fourth-order valence-corrected chi connectivity index (χ4v) is 0.422. The van der Waals surface area contributed by atoms with Crippen LogP contribution in [0.2, 0.25) is 0 Å². The van der Waals surface area contributed by atoms with Crippen molar-refractivity contribution in [2.24, 2.45) is 5.90 Å². The van der Waals surface area contributed by atoms with Crippen LogP contribution in [0, 0.1) is 0 Å². The lowest BCUT2D eigenvalue weighted by atomic mass is 10.3. The Hall–Kier alpha value is -1.30. The number of carboxylic acid groups (broad SMARTS) is 1. The number of likely N-dealkylation sites (N-methyl/N-ethyl adjacent to an activating group) is 1. The highest BCUT2D eigenvalue weighted by Crippen LogP contribution is 1.96. The van der Waals surface area contributed by atoms with E-state index in [1.165, 1.54) is 14.0 Å². The summed E-state index contributed by atoms with van der Waals surface area (Å²) in [6.45, 7) is 1.38. The second-order valence-corrected chi connectivity index (χ2v) is 2.01. The minimum absolute atomic E-state index is 0.782. The number of rotatable bonds is 2. The number of nitrogens with two attached hydrogens (primary N) is 1. The minimum Gasteiger partial charge on any atom is -0.465 e. The molecule has 6 nitrogen and oxygen atoms in total. The van der Waals surface area contributed by atoms with E-state index < -0.39 is 18.1 Å². The molecule has 0 aliphatic carbocycles. The molecule has 1 unspecified atom stereocenters. The Kier molecular flexibility index (Phi) is 3.32. The van der Waals surface area contributed by atoms with Gasteiger partial charge >= 0.3 is 12.1 Å². The molecule has 0 saturated heterocycles. The van der Waals surface area contributed by atoms with E-state index in [0.29, 0.717) is 0 Å². The first kappa shape index (κ1) is 9.70. The molecule has 0 heterocycles. The van der Waals surface area contributed by atoms with Gasteiger partial charge in [-0.25, -0.2) is 9.59 Å². The van der Waals surface area contributed by atoms with Gasteiger partial charge in [0.15, 0.2) is 0 Å². The maximum atomic E-state index is 10.6. The van der Waals surface area contributed by atoms with Gasteiger partial charge in [0.05, 0.1) is 0 Å². The number of carbonyl (C=O) groups is 2. The molecule has 6 heteroatoms. The molecule has 3 N–H and O–H groups in total. The number of hydrogen-bond acceptors (Lipinski definition) is 4. The van der Waals surface area contributed by atoms with E-state index in [9.17, 15) is 9.59 Å². The van der Waals surface area contributed by atoms with Crippen molar-refractivity contribution >= 4 is 12.1 Å². The first-order chi connectivity index (χ1) is 5.00. The third kappa shape index (κ3) is 2.42. The smallest absolute Gasteiger partial charge is 0.407 e. The van der Waals surface area contributed by atoms with Gasteiger partial charge in [-0.1, -0.05) is 0 Å². The van der Waals surface area contributed by atoms with Gasteiger partial charge in [0.2, 0.25) is 0 Å². The van der Waals surface area contributed by atoms with E-state index in [-0.39, 0.29) is 0 Å². The van der Waals surface area contributed by atoms with Gasteiger partial charge in [-0.15, -0.1) is 0 Å². The van der Waals surface area contributed by atoms with Gasteiger partial charge in [0.25, 0.3) is 0 Å². The zero-order valence-corrected chi connectivity index (χ0v) is 6.27. The van der Waals surface area contributed by atoms with Crippen LogP contribution in [0.3, 0.4) is 0 Å². The van der Waals surface area contributed by atoms with Gasteiger partial charge in [0.1, 0.15) is 6.04 Å². The number of carbonyl (C=O) groups excluding carboxylic acids is 1. The van der Waals surface area contributed by atoms with Crippen molar-refractivity contribution in [2.75, 3.05) is 7.05 Å². The number of hydrogen-bond donors (Lipinski definition) is 2. The van der Waals surface area contributed by atoms with Crippen molar-refractivity contribution in [1.29, 1.82) is 0 Å². The summed E-state index contributed by atoms with van der Waals surface area (Å²) >= 11 is 0. The van der Waals surface area contributed by atoms with Crippen LogP contribution >= 0.6 is 0 Å². The average Bonchev–Trinajstić information content (AvgIpc) is 2.00. The predicted octanol–water partition coefficient (Wildman–Crippen LogP) is -0.598. The highest BCUT2D eigenvalue weighted by Gasteiger charge is 2.22. The normalized spacial score (nSPS) is 11.9. The van der Waals surface area contributed by atoms with Crippen LogP contribution in [-0.4, -0.2) is 35.2 Å². The minimum atomic E-state index is -1.21. The molecule has 0 rings (SSSR count). The van der Waals surface area contributed by atoms with Gasteiger partial charge in [0, 0.05) is 7.05 Å². The molecule has 0 aromatic carbocycles. The van der Waals surface area contributed by atoms with Crippen LogP contribution in [0.5, 0.6) is 0 Å². The molecule has 0 aliphatic heterocycles. The summed E-state index contributed by atoms with van der Waals surface area (Å²) in [5.41, 5.74) is 0. The van der Waals surface area contributed by atoms with Gasteiger partial charge < -0.3 is 9.94 Å². The van der Waals surface area contributed by atoms with Crippen LogP contribution in [-0.2, 0) is 9.63 Å². The summed E-state index contributed by atoms with van der Waals surface area (Å²) < 4.78 is 0. The molecule has 1 atom stereocenters. The van der Waals surface area contributed by atoms with E-state index >= 15 is 0 Å². The Morgan fingerprint density at radius 3 is 2.36 bits per heavy atom. The van der Waals surface area contributed by atoms with E-state index in [1.807, 2.05) is 0 Å². The molecule has 0 fully saturated rings. The first-order valence-corrected chi connectivity index (χ1v) is 2.87. The summed E-state index contributed by atoms with van der Waals surface area (Å²) in [6.07, 6.45) is -1.21. The number of nitrogens with zero attached hydrogens (tertiary/aromatic N) is 1. The van der Waals surface area contributed by atoms with Crippen LogP contribution in [0.1, 0.15) is 6.92 Å². The summed E-state index contributed by atoms with van der Waals surface area (Å²) in [4.78, 5) is 25.5. The average molecular weight is 162 g/mol. The highest BCUT2D eigenvalue weighted by molar-refractivity contribution is 5.79. The zero-order valence-electron chi connectivity index (χ0n) is 6.27. The zero-order chi connectivity index (χ0) is 9.02. The maximum absolute atomic E-state index is 10.6. The molecule has 1 amide bonds. The molecule has 0 aromatic heterocycles. The van der Waals surface area contributed by atoms with E-state index in [1.54, 1.807) is 0 Å². The van der Waals surface area contributed by atoms with Crippen molar-refractivity contribution in [2.45, 2.75) is 13.0 Å². The fraction of sp³-hybridized carbons (Fsp3) is 0.600. The molecular formula is C5H10N2O4. The van der Waals surface area contributed by atoms with Crippen LogP contribution < -0.4 is 5.90 Å². The Morgan fingerprint density at radius 2 is 2.09 bits per heavy atom. The van der Waals surface area contributed by atoms with Crippen molar-refractivity contribution < 1.29 is 19.5 Å². The fourth-order valence-electron chi connectivity index (χ4n) is 0.422. The molecule has 0 radical (unpaired) electrons. The van der Waals surface area contributed by atoms with Gasteiger partial charge in [-0.2, -0.15) is 5.90 Å². The molecular weight excluding hydrogens is 152 g/mol. The topological polar surface area (TPSA) is 92.9 Å². The van der Waals surface area contributed by atoms with Crippen molar-refractivity contribution in [1.82, 2.24) is 4.90 Å². The number of amides is 1. The van der Waals surface area contributed by atoms with Gasteiger partial charge in [-0.05, 0) is 6.92 Å². The molecule has 0 saturated carbocycles. The van der Waals surface area contributed by atoms with Gasteiger partial charge in [-0.3, -0.25) is 4.90 Å². The molecule has 0 aliphatic rings. The van der Waals surface area contributed by atoms with E-state index in [0.717, 1.165) is 4.90 Å². The lowest BCUT2D eigenvalue weighted by Crippen LogP contribution is -2.41. The summed E-state index contributed by atoms with van der Waals surface area (Å²) in [6, 6.07) is -0.877. The monoisotopic (exact) mass is 162 g/mol. The Labute approximate surface area is 63.5 Å². The lowest BCUT2D eigenvalue weighted by Gasteiger charge is -2.18. The quantitative estimate of drug-likeness (QED) is 0.529. The van der Waals surface area contributed by atoms with E-state index in [4.69, 9.17) is 5.11 Å². The summed E-state index contributed by atoms with van der Waals surface area (Å²) in [7, 11) is 1.25. The third-order valence-corrected chi connectivity index (χ3v) is 1.34. The highest BCUT2D eigenvalue weighted by atomic mass is 16.7. The molecule has 0 spiro atoms. The Balaban J connectivity index is 4.12. The SMILES string of the molecule is CC(C(=O)ON)N(C)C(=O)O. The predicted molar refractivity (Wildman–Crippen MR) is 35.5 cm³/mol. The third-order valence-electron chi connectivity index (χ3n) is 1.34. The Morgan fingerprint density at radius 1 is 1.64 bits per heavy atom. The lowest BCUT2D eigenvalue weighted by molar-refractivity contribution is -0.148. The standard InChI is InChI=1S/C5H10N2O4/c1-3(4(8)11-6)7(2)5(9)10/h3H,6H2,1-2H3,(H,9,10). The van der Waals surface area contributed by atoms with Crippen LogP contribution in [0.4, 0.5) is 4.79 Å². The van der Waals surface area contributed by atoms with Crippen LogP contribution in [0.25, 0.3) is 0 Å². The second-order valence-electron chi connectivity index (χ2n) is 2.01. The first-order valence-electron chi connectivity index (χ1n) is 2.87. The van der Waals surface area contributed by atoms with Crippen molar-refractivity contribution in [3.63, 3.8) is 0 Å². The Bertz CT molecular complexity index is 170. The molecule has 0 bridgehead atoms. The maximum Gasteiger partial charge on any atom is 0.407 e. The van der Waals surface area contributed by atoms with E-state index in [2.05, 4.69) is 10.7 Å². The summed E-state index contributed by atoms with van der Waals surface area (Å²) in [5.74, 6) is 3.76. The van der Waals surface area contributed by atoms with Crippen molar-refractivity contribution in [3.8, 4) is 0 Å². The summed E-state index contributed by atoms with van der Waals surface area (Å²) in [5, 5.41) is 8.37. The molecule has 11 heavy (non-hydrogen) atoms. The second kappa shape index (κ2) is 3.77. The van der Waals surface area contributed by atoms with Crippen molar-refractivity contribution in [3.05, 3.63) is 0 Å².